The van der Waals surface area contributed by atoms with Gasteiger partial charge in [-0.25, -0.2) is 9.78 Å². The number of piperidine rings is 1. The second kappa shape index (κ2) is 8.43. The number of halogens is 2. The monoisotopic (exact) mass is 469 g/mol. The first-order valence-corrected chi connectivity index (χ1v) is 11.6. The van der Waals surface area contributed by atoms with Crippen LogP contribution in [0.15, 0.2) is 47.3 Å². The van der Waals surface area contributed by atoms with Gasteiger partial charge in [0.15, 0.2) is 0 Å². The molecule has 6 nitrogen and oxygen atoms in total. The molecule has 8 heteroatoms. The molecule has 0 amide bonds. The Morgan fingerprint density at radius 3 is 2.50 bits per heavy atom. The smallest absolute Gasteiger partial charge is 0.329 e. The van der Waals surface area contributed by atoms with Crippen LogP contribution in [0.4, 0.5) is 0 Å². The van der Waals surface area contributed by atoms with Gasteiger partial charge < -0.3 is 4.98 Å². The molecule has 0 atom stereocenters. The lowest BCUT2D eigenvalue weighted by Crippen LogP contribution is -2.37. The van der Waals surface area contributed by atoms with Crippen molar-refractivity contribution in [3.8, 4) is 11.4 Å². The number of nitrogens with zero attached hydrogens (tertiary/aromatic N) is 4. The fourth-order valence-electron chi connectivity index (χ4n) is 4.65. The zero-order chi connectivity index (χ0) is 22.4. The van der Waals surface area contributed by atoms with Gasteiger partial charge in [-0.2, -0.15) is 0 Å². The summed E-state index contributed by atoms with van der Waals surface area (Å²) in [5.41, 5.74) is 5.09. The quantitative estimate of drug-likeness (QED) is 0.447. The maximum absolute atomic E-state index is 12.9. The van der Waals surface area contributed by atoms with E-state index < -0.39 is 0 Å². The van der Waals surface area contributed by atoms with E-state index in [9.17, 15) is 4.79 Å². The van der Waals surface area contributed by atoms with Crippen LogP contribution in [0.25, 0.3) is 22.4 Å². The molecule has 2 aromatic heterocycles. The first-order chi connectivity index (χ1) is 15.4. The molecule has 0 bridgehead atoms. The van der Waals surface area contributed by atoms with Crippen LogP contribution >= 0.6 is 23.2 Å². The Morgan fingerprint density at radius 2 is 1.78 bits per heavy atom. The summed E-state index contributed by atoms with van der Waals surface area (Å²) >= 11 is 12.2. The van der Waals surface area contributed by atoms with E-state index in [-0.39, 0.29) is 11.7 Å². The molecule has 0 unspecified atom stereocenters. The van der Waals surface area contributed by atoms with Crippen molar-refractivity contribution in [1.82, 2.24) is 24.0 Å². The second-order valence-corrected chi connectivity index (χ2v) is 9.31. The van der Waals surface area contributed by atoms with Crippen LogP contribution in [0.1, 0.15) is 30.3 Å². The van der Waals surface area contributed by atoms with Crippen molar-refractivity contribution in [3.63, 3.8) is 0 Å². The van der Waals surface area contributed by atoms with E-state index in [0.29, 0.717) is 10.0 Å². The van der Waals surface area contributed by atoms with Crippen molar-refractivity contribution < 1.29 is 0 Å². The largest absolute Gasteiger partial charge is 0.342 e. The van der Waals surface area contributed by atoms with Crippen molar-refractivity contribution in [1.29, 1.82) is 0 Å². The van der Waals surface area contributed by atoms with Crippen LogP contribution < -0.4 is 5.69 Å². The molecule has 0 saturated carbocycles. The Bertz CT molecular complexity index is 1340. The zero-order valence-electron chi connectivity index (χ0n) is 18.1. The summed E-state index contributed by atoms with van der Waals surface area (Å²) in [6.07, 6.45) is 1.88. The summed E-state index contributed by atoms with van der Waals surface area (Å²) in [6, 6.07) is 13.8. The Kier molecular flexibility index (Phi) is 5.61. The number of aryl methyl sites for hydroxylation is 2. The molecule has 3 heterocycles. The highest BCUT2D eigenvalue weighted by Crippen LogP contribution is 2.29. The topological polar surface area (TPSA) is 58.9 Å². The number of fused-ring (bicyclic) bond motifs is 1. The number of hydrogen-bond acceptors (Lipinski definition) is 3. The highest BCUT2D eigenvalue weighted by molar-refractivity contribution is 6.42. The van der Waals surface area contributed by atoms with Crippen molar-refractivity contribution >= 4 is 34.2 Å². The third kappa shape index (κ3) is 3.76. The molecule has 4 aromatic rings. The zero-order valence-corrected chi connectivity index (χ0v) is 19.6. The average molecular weight is 470 g/mol. The molecule has 166 valence electrons. The molecular formula is C24H25Cl2N5O. The minimum absolute atomic E-state index is 0.0686. The van der Waals surface area contributed by atoms with Crippen molar-refractivity contribution in [2.75, 3.05) is 13.1 Å². The second-order valence-electron chi connectivity index (χ2n) is 8.49. The SMILES string of the molecule is Cc1[nH]c(-c2ccc(Cl)c(Cl)c2)nc1CN1CCC(n2c(=O)n(C)c3ccccc32)CC1. The normalized spacial score (nSPS) is 15.6. The van der Waals surface area contributed by atoms with E-state index in [1.54, 1.807) is 10.6 Å². The first kappa shape index (κ1) is 21.3. The van der Waals surface area contributed by atoms with Gasteiger partial charge >= 0.3 is 5.69 Å². The Hall–Kier alpha value is -2.54. The van der Waals surface area contributed by atoms with Gasteiger partial charge in [-0.05, 0) is 50.1 Å². The van der Waals surface area contributed by atoms with Gasteiger partial charge in [-0.15, -0.1) is 0 Å². The van der Waals surface area contributed by atoms with Gasteiger partial charge in [0.1, 0.15) is 5.82 Å². The third-order valence-corrected chi connectivity index (χ3v) is 7.21. The van der Waals surface area contributed by atoms with E-state index >= 15 is 0 Å². The van der Waals surface area contributed by atoms with E-state index in [0.717, 1.165) is 66.3 Å². The number of nitrogens with one attached hydrogen (secondary N) is 1. The molecule has 1 aliphatic rings. The number of likely N-dealkylation sites (tertiary alicyclic amines) is 1. The fraction of sp³-hybridized carbons (Fsp3) is 0.333. The van der Waals surface area contributed by atoms with Crippen LogP contribution in [0.3, 0.4) is 0 Å². The number of aromatic amines is 1. The average Bonchev–Trinajstić information content (AvgIpc) is 3.28. The molecule has 0 aliphatic carbocycles. The lowest BCUT2D eigenvalue weighted by atomic mass is 10.0. The minimum atomic E-state index is 0.0686. The fourth-order valence-corrected chi connectivity index (χ4v) is 4.95. The highest BCUT2D eigenvalue weighted by Gasteiger charge is 2.25. The highest BCUT2D eigenvalue weighted by atomic mass is 35.5. The van der Waals surface area contributed by atoms with E-state index in [2.05, 4.69) is 9.88 Å². The van der Waals surface area contributed by atoms with Crippen molar-refractivity contribution in [2.45, 2.75) is 32.4 Å². The summed E-state index contributed by atoms with van der Waals surface area (Å²) in [5, 5.41) is 1.05. The maximum Gasteiger partial charge on any atom is 0.329 e. The van der Waals surface area contributed by atoms with Gasteiger partial charge in [0.25, 0.3) is 0 Å². The number of benzene rings is 2. The lowest BCUT2D eigenvalue weighted by Gasteiger charge is -2.32. The number of H-pyrrole nitrogens is 1. The number of imidazole rings is 2. The summed E-state index contributed by atoms with van der Waals surface area (Å²) < 4.78 is 3.73. The molecule has 1 fully saturated rings. The third-order valence-electron chi connectivity index (χ3n) is 6.47. The molecule has 32 heavy (non-hydrogen) atoms. The molecule has 0 spiro atoms. The molecule has 1 saturated heterocycles. The predicted octanol–water partition coefficient (Wildman–Crippen LogP) is 5.18. The van der Waals surface area contributed by atoms with Gasteiger partial charge in [0.05, 0.1) is 26.8 Å². The standard InChI is InChI=1S/C24H25Cl2N5O/c1-15-20(28-23(27-15)16-7-8-18(25)19(26)13-16)14-30-11-9-17(10-12-30)31-22-6-4-3-5-21(22)29(2)24(31)32/h3-8,13,17H,9-12,14H2,1-2H3,(H,27,28). The Balaban J connectivity index is 1.30. The number of aromatic nitrogens is 4. The molecule has 5 rings (SSSR count). The first-order valence-electron chi connectivity index (χ1n) is 10.8. The molecular weight excluding hydrogens is 445 g/mol. The van der Waals surface area contributed by atoms with Gasteiger partial charge in [0, 0.05) is 44.0 Å². The van der Waals surface area contributed by atoms with Crippen molar-refractivity contribution in [2.24, 2.45) is 7.05 Å². The number of rotatable bonds is 4. The molecule has 1 N–H and O–H groups in total. The van der Waals surface area contributed by atoms with E-state index in [1.807, 2.05) is 54.9 Å². The minimum Gasteiger partial charge on any atom is -0.342 e. The van der Waals surface area contributed by atoms with Gasteiger partial charge in [-0.1, -0.05) is 35.3 Å². The van der Waals surface area contributed by atoms with Crippen LogP contribution in [-0.2, 0) is 13.6 Å². The molecule has 0 radical (unpaired) electrons. The van der Waals surface area contributed by atoms with Crippen LogP contribution in [0.2, 0.25) is 10.0 Å². The molecule has 2 aromatic carbocycles. The summed E-state index contributed by atoms with van der Waals surface area (Å²) in [6.45, 7) is 4.68. The predicted molar refractivity (Wildman–Crippen MR) is 130 cm³/mol. The Morgan fingerprint density at radius 1 is 1.06 bits per heavy atom. The Labute approximate surface area is 196 Å². The van der Waals surface area contributed by atoms with Gasteiger partial charge in [0.2, 0.25) is 0 Å². The number of hydrogen-bond donors (Lipinski definition) is 1. The van der Waals surface area contributed by atoms with Crippen LogP contribution in [0, 0.1) is 6.92 Å². The summed E-state index contributed by atoms with van der Waals surface area (Å²) in [5.74, 6) is 0.799. The van der Waals surface area contributed by atoms with Crippen LogP contribution in [0.5, 0.6) is 0 Å². The van der Waals surface area contributed by atoms with Crippen LogP contribution in [-0.4, -0.2) is 37.1 Å². The van der Waals surface area contributed by atoms with Gasteiger partial charge in [-0.3, -0.25) is 14.0 Å². The summed E-state index contributed by atoms with van der Waals surface area (Å²) in [7, 11) is 1.85. The summed E-state index contributed by atoms with van der Waals surface area (Å²) in [4.78, 5) is 23.5. The molecule has 1 aliphatic heterocycles. The maximum atomic E-state index is 12.9. The van der Waals surface area contributed by atoms with Crippen molar-refractivity contribution in [3.05, 3.63) is 74.4 Å². The number of para-hydroxylation sites is 2. The van der Waals surface area contributed by atoms with E-state index in [4.69, 9.17) is 28.2 Å². The lowest BCUT2D eigenvalue weighted by molar-refractivity contribution is 0.177. The van der Waals surface area contributed by atoms with E-state index in [1.165, 1.54) is 0 Å².